The Kier molecular flexibility index (Phi) is 6.41. The number of rotatable bonds is 7. The lowest BCUT2D eigenvalue weighted by molar-refractivity contribution is 0.625. The van der Waals surface area contributed by atoms with Gasteiger partial charge < -0.3 is 10.6 Å². The maximum atomic E-state index is 5.81. The zero-order chi connectivity index (χ0) is 10.9. The molecule has 0 bridgehead atoms. The third kappa shape index (κ3) is 5.78. The van der Waals surface area contributed by atoms with Crippen molar-refractivity contribution in [2.24, 2.45) is 0 Å². The molecule has 0 amide bonds. The Morgan fingerprint density at radius 3 is 2.47 bits per heavy atom. The van der Waals surface area contributed by atoms with Gasteiger partial charge in [0.1, 0.15) is 0 Å². The normalized spacial score (nSPS) is 10.5. The van der Waals surface area contributed by atoms with Crippen molar-refractivity contribution in [2.45, 2.75) is 12.8 Å². The van der Waals surface area contributed by atoms with E-state index in [1.54, 1.807) is 0 Å². The minimum absolute atomic E-state index is 0.806. The second-order valence-electron chi connectivity index (χ2n) is 3.58. The first kappa shape index (κ1) is 12.5. The summed E-state index contributed by atoms with van der Waals surface area (Å²) in [6, 6.07) is 8.05. The number of nitrogens with one attached hydrogen (secondary N) is 2. The Hall–Kier alpha value is -0.570. The highest BCUT2D eigenvalue weighted by Gasteiger charge is 1.93. The standard InChI is InChI=1S/C12H19ClN2/c1-14-8-2-9-15-10-7-11-3-5-12(13)6-4-11/h3-6,14-15H,2,7-10H2,1H3. The van der Waals surface area contributed by atoms with E-state index in [4.69, 9.17) is 11.6 Å². The van der Waals surface area contributed by atoms with E-state index in [0.29, 0.717) is 0 Å². The molecule has 1 rings (SSSR count). The van der Waals surface area contributed by atoms with Crippen LogP contribution in [-0.4, -0.2) is 26.7 Å². The van der Waals surface area contributed by atoms with Crippen LogP contribution in [0.25, 0.3) is 0 Å². The lowest BCUT2D eigenvalue weighted by Gasteiger charge is -2.04. The van der Waals surface area contributed by atoms with Gasteiger partial charge in [-0.3, -0.25) is 0 Å². The molecule has 0 heterocycles. The fourth-order valence-corrected chi connectivity index (χ4v) is 1.52. The van der Waals surface area contributed by atoms with Crippen LogP contribution in [0, 0.1) is 0 Å². The second kappa shape index (κ2) is 7.69. The molecule has 1 aromatic carbocycles. The molecule has 0 aliphatic rings. The first-order chi connectivity index (χ1) is 7.33. The van der Waals surface area contributed by atoms with Crippen LogP contribution in [0.15, 0.2) is 24.3 Å². The third-order valence-electron chi connectivity index (χ3n) is 2.28. The van der Waals surface area contributed by atoms with Crippen molar-refractivity contribution in [2.75, 3.05) is 26.7 Å². The van der Waals surface area contributed by atoms with E-state index in [0.717, 1.165) is 31.1 Å². The Morgan fingerprint density at radius 2 is 1.80 bits per heavy atom. The summed E-state index contributed by atoms with van der Waals surface area (Å²) in [5.74, 6) is 0. The molecule has 0 saturated carbocycles. The van der Waals surface area contributed by atoms with Crippen molar-refractivity contribution in [3.05, 3.63) is 34.9 Å². The van der Waals surface area contributed by atoms with Crippen LogP contribution in [0.2, 0.25) is 5.02 Å². The van der Waals surface area contributed by atoms with Crippen LogP contribution >= 0.6 is 11.6 Å². The van der Waals surface area contributed by atoms with Crippen molar-refractivity contribution in [3.63, 3.8) is 0 Å². The summed E-state index contributed by atoms with van der Waals surface area (Å²) in [4.78, 5) is 0. The molecule has 84 valence electrons. The molecule has 2 nitrogen and oxygen atoms in total. The number of hydrogen-bond acceptors (Lipinski definition) is 2. The molecule has 0 fully saturated rings. The lowest BCUT2D eigenvalue weighted by atomic mass is 10.1. The second-order valence-corrected chi connectivity index (χ2v) is 4.02. The van der Waals surface area contributed by atoms with E-state index in [2.05, 4.69) is 22.8 Å². The van der Waals surface area contributed by atoms with E-state index in [1.165, 1.54) is 12.0 Å². The molecular formula is C12H19ClN2. The molecule has 15 heavy (non-hydrogen) atoms. The highest BCUT2D eigenvalue weighted by molar-refractivity contribution is 6.30. The van der Waals surface area contributed by atoms with Gasteiger partial charge in [0.2, 0.25) is 0 Å². The van der Waals surface area contributed by atoms with Crippen molar-refractivity contribution < 1.29 is 0 Å². The van der Waals surface area contributed by atoms with E-state index in [1.807, 2.05) is 19.2 Å². The molecule has 0 saturated heterocycles. The van der Waals surface area contributed by atoms with Crippen LogP contribution in [0.5, 0.6) is 0 Å². The van der Waals surface area contributed by atoms with Crippen molar-refractivity contribution >= 4 is 11.6 Å². The van der Waals surface area contributed by atoms with Gasteiger partial charge in [0.25, 0.3) is 0 Å². The van der Waals surface area contributed by atoms with Gasteiger partial charge in [0, 0.05) is 5.02 Å². The maximum Gasteiger partial charge on any atom is 0.0406 e. The predicted molar refractivity (Wildman–Crippen MR) is 66.6 cm³/mol. The molecule has 0 unspecified atom stereocenters. The van der Waals surface area contributed by atoms with Gasteiger partial charge >= 0.3 is 0 Å². The fraction of sp³-hybridized carbons (Fsp3) is 0.500. The van der Waals surface area contributed by atoms with Crippen molar-refractivity contribution in [3.8, 4) is 0 Å². The maximum absolute atomic E-state index is 5.81. The zero-order valence-electron chi connectivity index (χ0n) is 9.22. The van der Waals surface area contributed by atoms with Crippen LogP contribution in [-0.2, 0) is 6.42 Å². The lowest BCUT2D eigenvalue weighted by Crippen LogP contribution is -2.21. The molecular weight excluding hydrogens is 208 g/mol. The summed E-state index contributed by atoms with van der Waals surface area (Å²) >= 11 is 5.81. The zero-order valence-corrected chi connectivity index (χ0v) is 9.98. The molecule has 0 radical (unpaired) electrons. The highest BCUT2D eigenvalue weighted by atomic mass is 35.5. The Morgan fingerprint density at radius 1 is 1.07 bits per heavy atom. The minimum Gasteiger partial charge on any atom is -0.320 e. The summed E-state index contributed by atoms with van der Waals surface area (Å²) in [7, 11) is 1.98. The SMILES string of the molecule is CNCCCNCCc1ccc(Cl)cc1. The first-order valence-electron chi connectivity index (χ1n) is 5.42. The minimum atomic E-state index is 0.806. The summed E-state index contributed by atoms with van der Waals surface area (Å²) in [6.07, 6.45) is 2.24. The Bertz CT molecular complexity index is 259. The number of hydrogen-bond donors (Lipinski definition) is 2. The predicted octanol–water partition coefficient (Wildman–Crippen LogP) is 2.08. The molecule has 3 heteroatoms. The van der Waals surface area contributed by atoms with Gasteiger partial charge in [-0.1, -0.05) is 23.7 Å². The average Bonchev–Trinajstić information content (AvgIpc) is 2.26. The van der Waals surface area contributed by atoms with E-state index in [9.17, 15) is 0 Å². The number of benzene rings is 1. The molecule has 0 aliphatic heterocycles. The summed E-state index contributed by atoms with van der Waals surface area (Å²) in [5, 5.41) is 7.34. The molecule has 0 aromatic heterocycles. The molecule has 1 aromatic rings. The Labute approximate surface area is 97.0 Å². The summed E-state index contributed by atoms with van der Waals surface area (Å²) in [5.41, 5.74) is 1.33. The molecule has 2 N–H and O–H groups in total. The highest BCUT2D eigenvalue weighted by Crippen LogP contribution is 2.09. The monoisotopic (exact) mass is 226 g/mol. The average molecular weight is 227 g/mol. The van der Waals surface area contributed by atoms with Gasteiger partial charge in [0.15, 0.2) is 0 Å². The quantitative estimate of drug-likeness (QED) is 0.696. The van der Waals surface area contributed by atoms with E-state index >= 15 is 0 Å². The summed E-state index contributed by atoms with van der Waals surface area (Å²) < 4.78 is 0. The van der Waals surface area contributed by atoms with Gasteiger partial charge in [-0.15, -0.1) is 0 Å². The Balaban J connectivity index is 2.07. The fourth-order valence-electron chi connectivity index (χ4n) is 1.40. The van der Waals surface area contributed by atoms with Crippen molar-refractivity contribution in [1.29, 1.82) is 0 Å². The molecule has 0 spiro atoms. The van der Waals surface area contributed by atoms with Crippen LogP contribution in [0.3, 0.4) is 0 Å². The largest absolute Gasteiger partial charge is 0.320 e. The first-order valence-corrected chi connectivity index (χ1v) is 5.80. The van der Waals surface area contributed by atoms with Gasteiger partial charge in [-0.05, 0) is 57.2 Å². The van der Waals surface area contributed by atoms with Crippen LogP contribution in [0.4, 0.5) is 0 Å². The van der Waals surface area contributed by atoms with Gasteiger partial charge in [0.05, 0.1) is 0 Å². The summed E-state index contributed by atoms with van der Waals surface area (Å²) in [6.45, 7) is 3.19. The molecule has 0 aliphatic carbocycles. The topological polar surface area (TPSA) is 24.1 Å². The van der Waals surface area contributed by atoms with Crippen LogP contribution in [0.1, 0.15) is 12.0 Å². The smallest absolute Gasteiger partial charge is 0.0406 e. The third-order valence-corrected chi connectivity index (χ3v) is 2.54. The van der Waals surface area contributed by atoms with Crippen LogP contribution < -0.4 is 10.6 Å². The van der Waals surface area contributed by atoms with E-state index < -0.39 is 0 Å². The molecule has 0 atom stereocenters. The van der Waals surface area contributed by atoms with Gasteiger partial charge in [-0.25, -0.2) is 0 Å². The van der Waals surface area contributed by atoms with Crippen molar-refractivity contribution in [1.82, 2.24) is 10.6 Å². The van der Waals surface area contributed by atoms with Gasteiger partial charge in [-0.2, -0.15) is 0 Å². The number of halogens is 1. The van der Waals surface area contributed by atoms with E-state index in [-0.39, 0.29) is 0 Å².